The Morgan fingerprint density at radius 1 is 1.14 bits per heavy atom. The Hall–Kier alpha value is -0.120. The Balaban J connectivity index is 1.62. The number of aliphatic hydroxyl groups is 1. The first-order chi connectivity index (χ1) is 9.97. The van der Waals surface area contributed by atoms with Crippen molar-refractivity contribution in [2.24, 2.45) is 11.3 Å². The van der Waals surface area contributed by atoms with E-state index in [1.807, 2.05) is 0 Å². The third kappa shape index (κ3) is 5.54. The van der Waals surface area contributed by atoms with Gasteiger partial charge in [-0.15, -0.1) is 0 Å². The molecular weight excluding hydrogens is 262 g/mol. The smallest absolute Gasteiger partial charge is 0.0897 e. The number of nitrogens with one attached hydrogen (secondary N) is 1. The molecule has 0 bridgehead atoms. The van der Waals surface area contributed by atoms with Crippen LogP contribution < -0.4 is 5.32 Å². The summed E-state index contributed by atoms with van der Waals surface area (Å²) in [7, 11) is 0. The Labute approximate surface area is 130 Å². The number of rotatable bonds is 6. The normalized spacial score (nSPS) is 34.6. The lowest BCUT2D eigenvalue weighted by Gasteiger charge is -2.39. The van der Waals surface area contributed by atoms with Gasteiger partial charge in [-0.25, -0.2) is 0 Å². The van der Waals surface area contributed by atoms with Crippen LogP contribution in [0.2, 0.25) is 0 Å². The Morgan fingerprint density at radius 3 is 2.52 bits per heavy atom. The van der Waals surface area contributed by atoms with E-state index in [4.69, 9.17) is 4.74 Å². The Morgan fingerprint density at radius 2 is 1.86 bits per heavy atom. The summed E-state index contributed by atoms with van der Waals surface area (Å²) in [6.07, 6.45) is 10.1. The van der Waals surface area contributed by atoms with Crippen molar-refractivity contribution < 1.29 is 9.84 Å². The molecule has 0 spiro atoms. The highest BCUT2D eigenvalue weighted by molar-refractivity contribution is 4.88. The molecule has 2 aliphatic rings. The summed E-state index contributed by atoms with van der Waals surface area (Å²) in [5, 5.41) is 13.7. The molecule has 2 rings (SSSR count). The first-order valence-electron chi connectivity index (χ1n) is 9.00. The van der Waals surface area contributed by atoms with E-state index < -0.39 is 0 Å². The molecule has 2 fully saturated rings. The fourth-order valence-corrected chi connectivity index (χ4v) is 3.85. The number of ether oxygens (including phenoxy) is 1. The van der Waals surface area contributed by atoms with E-state index >= 15 is 0 Å². The first kappa shape index (κ1) is 17.2. The molecule has 0 saturated heterocycles. The second kappa shape index (κ2) is 7.94. The Kier molecular flexibility index (Phi) is 6.51. The highest BCUT2D eigenvalue weighted by Crippen LogP contribution is 2.35. The maximum atomic E-state index is 10.1. The van der Waals surface area contributed by atoms with Crippen molar-refractivity contribution in [3.05, 3.63) is 0 Å². The van der Waals surface area contributed by atoms with E-state index in [1.54, 1.807) is 0 Å². The molecule has 3 nitrogen and oxygen atoms in total. The molecule has 0 amide bonds. The van der Waals surface area contributed by atoms with Crippen molar-refractivity contribution in [3.8, 4) is 0 Å². The average Bonchev–Trinajstić information content (AvgIpc) is 2.45. The zero-order valence-corrected chi connectivity index (χ0v) is 14.2. The van der Waals surface area contributed by atoms with Gasteiger partial charge in [-0.05, 0) is 49.9 Å². The van der Waals surface area contributed by atoms with Crippen LogP contribution in [0.15, 0.2) is 0 Å². The molecule has 124 valence electrons. The van der Waals surface area contributed by atoms with Gasteiger partial charge in [0.15, 0.2) is 0 Å². The summed E-state index contributed by atoms with van der Waals surface area (Å²) in [5.74, 6) is 0.852. The van der Waals surface area contributed by atoms with Gasteiger partial charge in [-0.1, -0.05) is 33.6 Å². The molecule has 0 aromatic heterocycles. The van der Waals surface area contributed by atoms with Gasteiger partial charge in [0, 0.05) is 12.6 Å². The molecule has 2 saturated carbocycles. The highest BCUT2D eigenvalue weighted by atomic mass is 16.5. The maximum absolute atomic E-state index is 10.1. The fraction of sp³-hybridized carbons (Fsp3) is 1.00. The number of hydrogen-bond donors (Lipinski definition) is 2. The lowest BCUT2D eigenvalue weighted by molar-refractivity contribution is -0.0299. The van der Waals surface area contributed by atoms with E-state index in [1.165, 1.54) is 38.5 Å². The van der Waals surface area contributed by atoms with E-state index in [-0.39, 0.29) is 6.10 Å². The molecule has 0 aliphatic heterocycles. The minimum atomic E-state index is -0.373. The fourth-order valence-electron chi connectivity index (χ4n) is 3.85. The third-order valence-corrected chi connectivity index (χ3v) is 5.59. The topological polar surface area (TPSA) is 41.5 Å². The van der Waals surface area contributed by atoms with Gasteiger partial charge in [0.2, 0.25) is 0 Å². The zero-order chi connectivity index (χ0) is 15.3. The van der Waals surface area contributed by atoms with Gasteiger partial charge < -0.3 is 15.2 Å². The minimum Gasteiger partial charge on any atom is -0.389 e. The maximum Gasteiger partial charge on any atom is 0.0897 e. The van der Waals surface area contributed by atoms with Gasteiger partial charge in [-0.3, -0.25) is 0 Å². The largest absolute Gasteiger partial charge is 0.389 e. The van der Waals surface area contributed by atoms with Crippen molar-refractivity contribution in [3.63, 3.8) is 0 Å². The van der Waals surface area contributed by atoms with Gasteiger partial charge in [0.05, 0.1) is 18.8 Å². The summed E-state index contributed by atoms with van der Waals surface area (Å²) in [6, 6.07) is 0.538. The van der Waals surface area contributed by atoms with E-state index in [0.29, 0.717) is 30.7 Å². The van der Waals surface area contributed by atoms with Crippen LogP contribution in [0.25, 0.3) is 0 Å². The van der Waals surface area contributed by atoms with Crippen molar-refractivity contribution in [2.75, 3.05) is 13.2 Å². The average molecular weight is 297 g/mol. The molecule has 2 N–H and O–H groups in total. The van der Waals surface area contributed by atoms with Crippen LogP contribution in [0.5, 0.6) is 0 Å². The second-order valence-electron chi connectivity index (χ2n) is 8.06. The predicted octanol–water partition coefficient (Wildman–Crippen LogP) is 3.50. The zero-order valence-electron chi connectivity index (χ0n) is 14.2. The van der Waals surface area contributed by atoms with Crippen LogP contribution in [0.3, 0.4) is 0 Å². The SMILES string of the molecule is CC1CCC(OCC(O)CNC2CCCCC2(C)C)CC1. The second-order valence-corrected chi connectivity index (χ2v) is 8.06. The Bertz CT molecular complexity index is 298. The number of aliphatic hydroxyl groups excluding tert-OH is 1. The molecule has 0 heterocycles. The van der Waals surface area contributed by atoms with E-state index in [9.17, 15) is 5.11 Å². The third-order valence-electron chi connectivity index (χ3n) is 5.59. The van der Waals surface area contributed by atoms with Crippen LogP contribution in [-0.4, -0.2) is 36.5 Å². The van der Waals surface area contributed by atoms with Crippen molar-refractivity contribution in [1.82, 2.24) is 5.32 Å². The van der Waals surface area contributed by atoms with Crippen molar-refractivity contribution in [2.45, 2.75) is 90.4 Å². The molecule has 2 aliphatic carbocycles. The molecule has 2 unspecified atom stereocenters. The molecule has 2 atom stereocenters. The molecule has 0 aromatic rings. The number of hydrogen-bond acceptors (Lipinski definition) is 3. The van der Waals surface area contributed by atoms with Crippen molar-refractivity contribution >= 4 is 0 Å². The van der Waals surface area contributed by atoms with Crippen LogP contribution in [-0.2, 0) is 4.74 Å². The minimum absolute atomic E-state index is 0.359. The molecule has 0 aromatic carbocycles. The van der Waals surface area contributed by atoms with Crippen LogP contribution >= 0.6 is 0 Å². The quantitative estimate of drug-likeness (QED) is 0.788. The van der Waals surface area contributed by atoms with Crippen molar-refractivity contribution in [1.29, 1.82) is 0 Å². The molecule has 0 radical (unpaired) electrons. The monoisotopic (exact) mass is 297 g/mol. The highest BCUT2D eigenvalue weighted by Gasteiger charge is 2.32. The van der Waals surface area contributed by atoms with E-state index in [0.717, 1.165) is 18.8 Å². The first-order valence-corrected chi connectivity index (χ1v) is 9.00. The van der Waals surface area contributed by atoms with Gasteiger partial charge >= 0.3 is 0 Å². The van der Waals surface area contributed by atoms with Crippen LogP contribution in [0, 0.1) is 11.3 Å². The standard InChI is InChI=1S/C18H35NO2/c1-14-7-9-16(10-8-14)21-13-15(20)12-19-17-6-4-5-11-18(17,2)3/h14-17,19-20H,4-13H2,1-3H3. The summed E-state index contributed by atoms with van der Waals surface area (Å²) in [4.78, 5) is 0. The van der Waals surface area contributed by atoms with E-state index in [2.05, 4.69) is 26.1 Å². The van der Waals surface area contributed by atoms with Gasteiger partial charge in [-0.2, -0.15) is 0 Å². The summed E-state index contributed by atoms with van der Waals surface area (Å²) < 4.78 is 5.89. The summed E-state index contributed by atoms with van der Waals surface area (Å²) in [6.45, 7) is 8.16. The summed E-state index contributed by atoms with van der Waals surface area (Å²) in [5.41, 5.74) is 0.359. The molecular formula is C18H35NO2. The van der Waals surface area contributed by atoms with Gasteiger partial charge in [0.1, 0.15) is 0 Å². The van der Waals surface area contributed by atoms with Crippen LogP contribution in [0.4, 0.5) is 0 Å². The molecule has 21 heavy (non-hydrogen) atoms. The predicted molar refractivity (Wildman–Crippen MR) is 87.4 cm³/mol. The lowest BCUT2D eigenvalue weighted by atomic mass is 9.73. The lowest BCUT2D eigenvalue weighted by Crippen LogP contribution is -2.47. The summed E-state index contributed by atoms with van der Waals surface area (Å²) >= 11 is 0. The molecule has 3 heteroatoms. The van der Waals surface area contributed by atoms with Gasteiger partial charge in [0.25, 0.3) is 0 Å². The van der Waals surface area contributed by atoms with Crippen LogP contribution in [0.1, 0.15) is 72.1 Å².